The van der Waals surface area contributed by atoms with Crippen molar-refractivity contribution in [2.24, 2.45) is 0 Å². The first-order valence-electron chi connectivity index (χ1n) is 40.6. The van der Waals surface area contributed by atoms with Crippen LogP contribution in [-0.2, 0) is 18.6 Å². The normalized spacial score (nSPS) is 14.4. The van der Waals surface area contributed by atoms with Crippen molar-refractivity contribution in [1.29, 1.82) is 0 Å². The third-order valence-electron chi connectivity index (χ3n) is 24.3. The maximum Gasteiger partial charge on any atom is 0.494 e. The van der Waals surface area contributed by atoms with E-state index in [9.17, 15) is 0 Å². The largest absolute Gasteiger partial charge is 0.494 e. The van der Waals surface area contributed by atoms with E-state index in [1.807, 2.05) is 78.9 Å². The van der Waals surface area contributed by atoms with Crippen LogP contribution in [0.15, 0.2) is 352 Å². The zero-order valence-electron chi connectivity index (χ0n) is 68.5. The number of fused-ring (bicyclic) bond motifs is 16. The molecule has 2 saturated heterocycles. The maximum atomic E-state index is 8.58. The molecule has 123 heavy (non-hydrogen) atoms. The Morgan fingerprint density at radius 1 is 0.252 bits per heavy atom. The van der Waals surface area contributed by atoms with Crippen molar-refractivity contribution in [3.05, 3.63) is 372 Å². The van der Waals surface area contributed by atoms with Gasteiger partial charge in [0.05, 0.1) is 22.4 Å². The van der Waals surface area contributed by atoms with Gasteiger partial charge in [-0.1, -0.05) is 347 Å². The Kier molecular flexibility index (Phi) is 24.7. The van der Waals surface area contributed by atoms with Gasteiger partial charge in [-0.15, -0.1) is 0 Å². The van der Waals surface area contributed by atoms with Crippen LogP contribution in [0.5, 0.6) is 0 Å². The summed E-state index contributed by atoms with van der Waals surface area (Å²) in [5.41, 5.74) is 10.3. The SMILES string of the molecule is Brc1cccc2cccc(Br)c12.CC1(C)OB(c2ccc3c(c2)c(-c2ccccc2)cc2c4ccc(B5OC(C)(C)C(C)(C)O5)cc4c(-c4ccccc4)cc32)OC1(C)C.Clc1ccc2c(c1)c(-c1ccccc1)cc1c3ccc(Cl)cc3c(-c3ccccc3)cc21.Clc1ccc2c(c1)c(Br)cc1c3ccc(Cl)cc3c(Br)cc21.OB(O)c1ccccc1.[HH].[HH].[HH].[HH].[HH].[HH].[HH].[HH].[HH]. The highest BCUT2D eigenvalue weighted by Gasteiger charge is 2.53. The fourth-order valence-electron chi connectivity index (χ4n) is 16.5. The second kappa shape index (κ2) is 35.3. The highest BCUT2D eigenvalue weighted by Crippen LogP contribution is 2.48. The first kappa shape index (κ1) is 86.0. The van der Waals surface area contributed by atoms with Crippen LogP contribution in [0.2, 0.25) is 20.1 Å². The fourth-order valence-corrected chi connectivity index (χ4v) is 19.8. The lowest BCUT2D eigenvalue weighted by Crippen LogP contribution is -2.41. The van der Waals surface area contributed by atoms with Crippen LogP contribution in [0.1, 0.15) is 68.2 Å². The van der Waals surface area contributed by atoms with Gasteiger partial charge in [-0.05, 0) is 316 Å². The molecule has 6 nitrogen and oxygen atoms in total. The molecular formula is C106H99B3Br4Cl4O6. The third kappa shape index (κ3) is 17.3. The highest BCUT2D eigenvalue weighted by molar-refractivity contribution is 9.11. The van der Waals surface area contributed by atoms with Gasteiger partial charge in [-0.3, -0.25) is 0 Å². The molecule has 0 amide bonds. The van der Waals surface area contributed by atoms with Crippen molar-refractivity contribution in [2.75, 3.05) is 0 Å². The number of hydrogen-bond acceptors (Lipinski definition) is 6. The summed E-state index contributed by atoms with van der Waals surface area (Å²) in [6, 6.07) is 115. The van der Waals surface area contributed by atoms with Crippen molar-refractivity contribution >= 4 is 256 Å². The lowest BCUT2D eigenvalue weighted by molar-refractivity contribution is 0.00578. The first-order valence-corrected chi connectivity index (χ1v) is 45.3. The van der Waals surface area contributed by atoms with Crippen LogP contribution < -0.4 is 16.4 Å². The summed E-state index contributed by atoms with van der Waals surface area (Å²) in [7, 11) is -2.22. The molecule has 17 heteroatoms. The van der Waals surface area contributed by atoms with Gasteiger partial charge in [0.2, 0.25) is 0 Å². The molecule has 0 aromatic heterocycles. The summed E-state index contributed by atoms with van der Waals surface area (Å²) < 4.78 is 30.4. The average Bonchev–Trinajstić information content (AvgIpc) is 0.907. The second-order valence-corrected chi connectivity index (χ2v) is 38.2. The van der Waals surface area contributed by atoms with Gasteiger partial charge in [0, 0.05) is 56.2 Å². The van der Waals surface area contributed by atoms with E-state index < -0.39 is 43.8 Å². The maximum absolute atomic E-state index is 8.58. The summed E-state index contributed by atoms with van der Waals surface area (Å²) in [6.07, 6.45) is 0. The number of rotatable bonds is 7. The number of benzene rings is 19. The molecule has 0 saturated carbocycles. The predicted octanol–water partition coefficient (Wildman–Crippen LogP) is 32.8. The molecule has 2 aliphatic rings. The second-order valence-electron chi connectivity index (χ2n) is 33.1. The Bertz CT molecular complexity index is 6910. The standard InChI is InChI=1S/C42H42B2O4.C30H18Cl2.C18H8Br2Cl2.C10H6Br2.C6H7BO2.9H2/c1-39(2)40(3,4)46-43(45-39)29-19-21-31-35(23-29)33(27-15-11-9-12-16-27)25-38-32-22-20-30(44-47-41(5,6)42(7,8)48-44)24-36(32)34(26-37(31)38)28-17-13-10-14-18-28;31-21-11-13-23-27(15-21)25(19-7-3-1-4-8-19)17-29-24-14-12-22(32)16-28(24)26(18-30(23)29)20-9-5-2-6-10-20;19-17-8-14-12-4-2-10(22)6-16(12)18(20)7-13(14)11-3-1-9(21)5-15(11)17;11-8-5-1-3-7-4-2-6-9(12)10(7)8;8-7(9)6-4-2-1-3-5-6;;;;;;;;;/h9-26H,1-8H3;1-18H;1-8H;1-6H;1-5,8-9H;9*1H. The minimum atomic E-state index is -1.34. The van der Waals surface area contributed by atoms with Crippen molar-refractivity contribution in [3.8, 4) is 44.5 Å². The zero-order valence-corrected chi connectivity index (χ0v) is 77.9. The minimum absolute atomic E-state index is 0. The van der Waals surface area contributed by atoms with E-state index in [1.54, 1.807) is 24.3 Å². The molecule has 0 bridgehead atoms. The third-order valence-corrected chi connectivity index (χ3v) is 27.9. The lowest BCUT2D eigenvalue weighted by atomic mass is 9.76. The summed E-state index contributed by atoms with van der Waals surface area (Å²) in [6.45, 7) is 16.8. The molecule has 624 valence electrons. The van der Waals surface area contributed by atoms with E-state index in [0.717, 1.165) is 70.5 Å². The average molecular weight is 1960 g/mol. The molecule has 21 rings (SSSR count). The molecule has 0 unspecified atom stereocenters. The van der Waals surface area contributed by atoms with Crippen LogP contribution in [0.4, 0.5) is 0 Å². The van der Waals surface area contributed by atoms with Crippen LogP contribution in [-0.4, -0.2) is 53.8 Å². The molecule has 0 radical (unpaired) electrons. The number of halogens is 8. The van der Waals surface area contributed by atoms with Crippen molar-refractivity contribution in [2.45, 2.75) is 77.8 Å². The van der Waals surface area contributed by atoms with Crippen LogP contribution in [0.25, 0.3) is 152 Å². The fraction of sp³-hybridized carbons (Fsp3) is 0.113. The minimum Gasteiger partial charge on any atom is -0.423 e. The topological polar surface area (TPSA) is 77.4 Å². The van der Waals surface area contributed by atoms with Gasteiger partial charge in [0.25, 0.3) is 0 Å². The molecule has 19 aromatic carbocycles. The Labute approximate surface area is 784 Å². The van der Waals surface area contributed by atoms with Crippen molar-refractivity contribution in [1.82, 2.24) is 0 Å². The van der Waals surface area contributed by atoms with Gasteiger partial charge >= 0.3 is 21.4 Å². The molecular weight excluding hydrogens is 1860 g/mol. The van der Waals surface area contributed by atoms with Crippen molar-refractivity contribution < 1.29 is 41.5 Å². The Balaban J connectivity index is 0.000000221. The van der Waals surface area contributed by atoms with E-state index in [0.29, 0.717) is 5.46 Å². The summed E-state index contributed by atoms with van der Waals surface area (Å²) in [5, 5.41) is 43.8. The molecule has 2 N–H and O–H groups in total. The van der Waals surface area contributed by atoms with Gasteiger partial charge in [0.1, 0.15) is 0 Å². The molecule has 2 heterocycles. The molecule has 0 atom stereocenters. The molecule has 2 aliphatic heterocycles. The van der Waals surface area contributed by atoms with E-state index in [4.69, 9.17) is 75.1 Å². The van der Waals surface area contributed by atoms with E-state index in [1.165, 1.54) is 131 Å². The Morgan fingerprint density at radius 2 is 0.504 bits per heavy atom. The van der Waals surface area contributed by atoms with Gasteiger partial charge in [-0.2, -0.15) is 0 Å². The molecule has 0 aliphatic carbocycles. The number of hydrogen-bond donors (Lipinski definition) is 2. The summed E-state index contributed by atoms with van der Waals surface area (Å²) in [5.74, 6) is 0. The van der Waals surface area contributed by atoms with Gasteiger partial charge < -0.3 is 28.7 Å². The van der Waals surface area contributed by atoms with Crippen molar-refractivity contribution in [3.63, 3.8) is 0 Å². The predicted molar refractivity (Wildman–Crippen MR) is 560 cm³/mol. The highest BCUT2D eigenvalue weighted by atomic mass is 79.9. The smallest absolute Gasteiger partial charge is 0.423 e. The quantitative estimate of drug-likeness (QED) is 0.122. The molecule has 19 aromatic rings. The molecule has 2 fully saturated rings. The van der Waals surface area contributed by atoms with Crippen LogP contribution in [0.3, 0.4) is 0 Å². The monoisotopic (exact) mass is 1960 g/mol. The Morgan fingerprint density at radius 3 is 0.780 bits per heavy atom. The van der Waals surface area contributed by atoms with E-state index in [-0.39, 0.29) is 12.8 Å². The van der Waals surface area contributed by atoms with Crippen LogP contribution >= 0.6 is 110 Å². The first-order chi connectivity index (χ1) is 59.1. The van der Waals surface area contributed by atoms with Crippen LogP contribution in [0, 0.1) is 0 Å². The van der Waals surface area contributed by atoms with Gasteiger partial charge in [0.15, 0.2) is 0 Å². The summed E-state index contributed by atoms with van der Waals surface area (Å²) in [4.78, 5) is 0. The Hall–Kier alpha value is -9.19. The summed E-state index contributed by atoms with van der Waals surface area (Å²) >= 11 is 39.6. The van der Waals surface area contributed by atoms with E-state index >= 15 is 0 Å². The van der Waals surface area contributed by atoms with Gasteiger partial charge in [-0.25, -0.2) is 0 Å². The molecule has 0 spiro atoms. The lowest BCUT2D eigenvalue weighted by Gasteiger charge is -2.32. The zero-order chi connectivity index (χ0) is 86.0. The van der Waals surface area contributed by atoms with E-state index in [2.05, 4.69) is 350 Å².